The lowest BCUT2D eigenvalue weighted by Crippen LogP contribution is -1.84. The van der Waals surface area contributed by atoms with Crippen molar-refractivity contribution in [1.29, 1.82) is 10.5 Å². The smallest absolute Gasteiger partial charge is 0.118 e. The molecule has 0 radical (unpaired) electrons. The van der Waals surface area contributed by atoms with Crippen molar-refractivity contribution in [1.82, 2.24) is 0 Å². The van der Waals surface area contributed by atoms with E-state index in [2.05, 4.69) is 12.1 Å². The van der Waals surface area contributed by atoms with Gasteiger partial charge in [-0.05, 0) is 83.9 Å². The first-order valence-corrected chi connectivity index (χ1v) is 9.60. The number of nitrogens with zero attached hydrogens (tertiary/aromatic N) is 2. The average molecular weight is 398 g/mol. The van der Waals surface area contributed by atoms with Crippen LogP contribution in [-0.4, -0.2) is 14.2 Å². The Morgan fingerprint density at radius 3 is 1.38 bits per heavy atom. The van der Waals surface area contributed by atoms with Gasteiger partial charge in [0.05, 0.1) is 37.5 Å². The summed E-state index contributed by atoms with van der Waals surface area (Å²) in [7, 11) is 3.22. The molecule has 0 aliphatic heterocycles. The molecule has 0 fully saturated rings. The van der Waals surface area contributed by atoms with Gasteiger partial charge in [-0.15, -0.1) is 11.3 Å². The Hall–Kier alpha value is -3.80. The Balaban J connectivity index is 1.86. The molecule has 0 aliphatic carbocycles. The van der Waals surface area contributed by atoms with Gasteiger partial charge in [0.1, 0.15) is 11.5 Å². The molecule has 3 rings (SSSR count). The first kappa shape index (κ1) is 19.9. The van der Waals surface area contributed by atoms with Crippen molar-refractivity contribution in [3.8, 4) is 23.6 Å². The largest absolute Gasteiger partial charge is 0.497 e. The summed E-state index contributed by atoms with van der Waals surface area (Å²) >= 11 is 1.52. The number of allylic oxidation sites excluding steroid dienone is 2. The van der Waals surface area contributed by atoms with Crippen molar-refractivity contribution in [3.05, 3.63) is 81.5 Å². The topological polar surface area (TPSA) is 66.0 Å². The van der Waals surface area contributed by atoms with Crippen molar-refractivity contribution in [2.45, 2.75) is 0 Å². The summed E-state index contributed by atoms with van der Waals surface area (Å²) in [6, 6.07) is 23.2. The van der Waals surface area contributed by atoms with E-state index in [1.807, 2.05) is 72.8 Å². The second kappa shape index (κ2) is 9.41. The number of methoxy groups -OCH3 is 2. The van der Waals surface area contributed by atoms with Crippen molar-refractivity contribution in [2.24, 2.45) is 0 Å². The summed E-state index contributed by atoms with van der Waals surface area (Å²) in [6.45, 7) is 0. The lowest BCUT2D eigenvalue weighted by molar-refractivity contribution is 0.414. The second-order valence-electron chi connectivity index (χ2n) is 6.04. The summed E-state index contributed by atoms with van der Waals surface area (Å²) < 4.78 is 10.3. The summed E-state index contributed by atoms with van der Waals surface area (Å²) in [6.07, 6.45) is 3.70. The van der Waals surface area contributed by atoms with E-state index in [0.717, 1.165) is 32.4 Å². The van der Waals surface area contributed by atoms with Crippen LogP contribution in [0.5, 0.6) is 11.5 Å². The van der Waals surface area contributed by atoms with Crippen LogP contribution in [-0.2, 0) is 0 Å². The Labute approximate surface area is 174 Å². The highest BCUT2D eigenvalue weighted by molar-refractivity contribution is 7.13. The third kappa shape index (κ3) is 4.93. The van der Waals surface area contributed by atoms with Crippen molar-refractivity contribution >= 4 is 34.6 Å². The van der Waals surface area contributed by atoms with E-state index < -0.39 is 0 Å². The van der Waals surface area contributed by atoms with Gasteiger partial charge in [-0.2, -0.15) is 10.5 Å². The van der Waals surface area contributed by atoms with Gasteiger partial charge >= 0.3 is 0 Å². The van der Waals surface area contributed by atoms with Gasteiger partial charge in [0, 0.05) is 9.75 Å². The molecule has 142 valence electrons. The van der Waals surface area contributed by atoms with E-state index in [-0.39, 0.29) is 0 Å². The van der Waals surface area contributed by atoms with Crippen LogP contribution in [0.15, 0.2) is 60.7 Å². The van der Waals surface area contributed by atoms with Crippen LogP contribution in [0, 0.1) is 22.7 Å². The molecule has 0 unspecified atom stereocenters. The van der Waals surface area contributed by atoms with Crippen LogP contribution in [0.25, 0.3) is 23.3 Å². The van der Waals surface area contributed by atoms with Gasteiger partial charge in [0.15, 0.2) is 0 Å². The quantitative estimate of drug-likeness (QED) is 0.485. The van der Waals surface area contributed by atoms with E-state index in [0.29, 0.717) is 11.1 Å². The lowest BCUT2D eigenvalue weighted by Gasteiger charge is -2.02. The molecule has 4 nitrogen and oxygen atoms in total. The van der Waals surface area contributed by atoms with Gasteiger partial charge in [-0.3, -0.25) is 0 Å². The molecule has 0 aliphatic rings. The van der Waals surface area contributed by atoms with Gasteiger partial charge < -0.3 is 9.47 Å². The average Bonchev–Trinajstić information content (AvgIpc) is 3.23. The maximum absolute atomic E-state index is 9.54. The molecule has 0 atom stereocenters. The molecular formula is C24H18N2O2S. The highest BCUT2D eigenvalue weighted by Crippen LogP contribution is 2.28. The van der Waals surface area contributed by atoms with Crippen LogP contribution in [0.1, 0.15) is 20.9 Å². The number of ether oxygens (including phenoxy) is 2. The van der Waals surface area contributed by atoms with Crippen LogP contribution in [0.4, 0.5) is 0 Å². The van der Waals surface area contributed by atoms with E-state index in [1.165, 1.54) is 11.3 Å². The minimum atomic E-state index is 0.570. The molecular weight excluding hydrogens is 380 g/mol. The Kier molecular flexibility index (Phi) is 6.47. The third-order valence-electron chi connectivity index (χ3n) is 4.26. The van der Waals surface area contributed by atoms with Gasteiger partial charge in [-0.25, -0.2) is 0 Å². The molecule has 2 aromatic carbocycles. The van der Waals surface area contributed by atoms with Crippen molar-refractivity contribution < 1.29 is 9.47 Å². The predicted molar refractivity (Wildman–Crippen MR) is 117 cm³/mol. The van der Waals surface area contributed by atoms with Crippen LogP contribution < -0.4 is 9.47 Å². The predicted octanol–water partition coefficient (Wildman–Crippen LogP) is 5.89. The van der Waals surface area contributed by atoms with E-state index in [4.69, 9.17) is 9.47 Å². The minimum absolute atomic E-state index is 0.570. The fourth-order valence-electron chi connectivity index (χ4n) is 2.71. The molecule has 0 N–H and O–H groups in total. The molecule has 0 spiro atoms. The zero-order valence-electron chi connectivity index (χ0n) is 16.0. The molecule has 1 aromatic heterocycles. The van der Waals surface area contributed by atoms with E-state index in [9.17, 15) is 10.5 Å². The molecule has 0 saturated carbocycles. The first-order chi connectivity index (χ1) is 14.2. The van der Waals surface area contributed by atoms with Gasteiger partial charge in [0.25, 0.3) is 0 Å². The van der Waals surface area contributed by atoms with Crippen LogP contribution >= 0.6 is 11.3 Å². The van der Waals surface area contributed by atoms with E-state index >= 15 is 0 Å². The summed E-state index contributed by atoms with van der Waals surface area (Å²) in [4.78, 5) is 1.88. The summed E-state index contributed by atoms with van der Waals surface area (Å²) in [5.41, 5.74) is 2.80. The number of rotatable bonds is 6. The van der Waals surface area contributed by atoms with Crippen molar-refractivity contribution in [2.75, 3.05) is 14.2 Å². The number of hydrogen-bond donors (Lipinski definition) is 0. The number of nitriles is 2. The number of hydrogen-bond acceptors (Lipinski definition) is 5. The van der Waals surface area contributed by atoms with E-state index in [1.54, 1.807) is 14.2 Å². The molecule has 1 heterocycles. The molecule has 29 heavy (non-hydrogen) atoms. The highest BCUT2D eigenvalue weighted by Gasteiger charge is 2.06. The van der Waals surface area contributed by atoms with Crippen LogP contribution in [0.2, 0.25) is 0 Å². The number of benzene rings is 2. The van der Waals surface area contributed by atoms with Gasteiger partial charge in [0.2, 0.25) is 0 Å². The van der Waals surface area contributed by atoms with Crippen molar-refractivity contribution in [3.63, 3.8) is 0 Å². The SMILES string of the molecule is COc1ccc(C(C#N)=Cc2ccc(C=C(C#N)c3ccc(OC)cc3)s2)cc1. The zero-order valence-corrected chi connectivity index (χ0v) is 16.9. The normalized spacial score (nSPS) is 11.4. The standard InChI is InChI=1S/C24H18N2O2S/c1-27-21-7-3-17(4-8-21)19(15-25)13-23-11-12-24(29-23)14-20(16-26)18-5-9-22(28-2)10-6-18/h3-14H,1-2H3. The Morgan fingerprint density at radius 1 is 0.690 bits per heavy atom. The maximum Gasteiger partial charge on any atom is 0.118 e. The Bertz CT molecular complexity index is 1040. The zero-order chi connectivity index (χ0) is 20.6. The minimum Gasteiger partial charge on any atom is -0.497 e. The highest BCUT2D eigenvalue weighted by atomic mass is 32.1. The molecule has 5 heteroatoms. The lowest BCUT2D eigenvalue weighted by atomic mass is 10.1. The van der Waals surface area contributed by atoms with Crippen LogP contribution in [0.3, 0.4) is 0 Å². The second-order valence-corrected chi connectivity index (χ2v) is 7.18. The number of thiophene rings is 1. The van der Waals surface area contributed by atoms with Gasteiger partial charge in [-0.1, -0.05) is 0 Å². The summed E-state index contributed by atoms with van der Waals surface area (Å²) in [5, 5.41) is 19.1. The molecule has 0 amide bonds. The molecule has 0 bridgehead atoms. The first-order valence-electron chi connectivity index (χ1n) is 8.79. The third-order valence-corrected chi connectivity index (χ3v) is 5.24. The fourth-order valence-corrected chi connectivity index (χ4v) is 3.61. The molecule has 0 saturated heterocycles. The Morgan fingerprint density at radius 2 is 1.07 bits per heavy atom. The summed E-state index contributed by atoms with van der Waals surface area (Å²) in [5.74, 6) is 1.49. The fraction of sp³-hybridized carbons (Fsp3) is 0.0833. The maximum atomic E-state index is 9.54. The molecule has 3 aromatic rings. The monoisotopic (exact) mass is 398 g/mol.